The molecule has 0 spiro atoms. The maximum Gasteiger partial charge on any atom is 0.275 e. The average Bonchev–Trinajstić information content (AvgIpc) is 2.69. The summed E-state index contributed by atoms with van der Waals surface area (Å²) in [5.74, 6) is -0.735. The molecule has 0 saturated heterocycles. The fourth-order valence-electron chi connectivity index (χ4n) is 3.02. The molecule has 0 bridgehead atoms. The van der Waals surface area contributed by atoms with E-state index in [2.05, 4.69) is 10.4 Å². The zero-order valence-electron chi connectivity index (χ0n) is 17.0. The first-order valence-corrected chi connectivity index (χ1v) is 9.41. The van der Waals surface area contributed by atoms with Crippen LogP contribution in [-0.2, 0) is 4.79 Å². The van der Waals surface area contributed by atoms with Crippen LogP contribution in [0.1, 0.15) is 35.9 Å². The van der Waals surface area contributed by atoms with Crippen LogP contribution in [0.25, 0.3) is 10.8 Å². The molecule has 7 heteroatoms. The van der Waals surface area contributed by atoms with E-state index in [-0.39, 0.29) is 29.7 Å². The molecule has 1 heterocycles. The normalized spacial score (nSPS) is 10.9. The molecule has 1 aromatic heterocycles. The largest absolute Gasteiger partial charge is 0.331 e. The molecule has 0 fully saturated rings. The van der Waals surface area contributed by atoms with Gasteiger partial charge >= 0.3 is 0 Å². The second-order valence-electron chi connectivity index (χ2n) is 7.31. The fraction of sp³-hybridized carbons (Fsp3) is 0.273. The van der Waals surface area contributed by atoms with E-state index in [4.69, 9.17) is 0 Å². The third kappa shape index (κ3) is 4.34. The highest BCUT2D eigenvalue weighted by molar-refractivity contribution is 6.06. The molecule has 7 nitrogen and oxygen atoms in total. The second kappa shape index (κ2) is 8.26. The van der Waals surface area contributed by atoms with Crippen molar-refractivity contribution in [1.29, 1.82) is 0 Å². The van der Waals surface area contributed by atoms with Crippen LogP contribution in [0.15, 0.2) is 53.3 Å². The highest BCUT2D eigenvalue weighted by Gasteiger charge is 2.22. The molecule has 150 valence electrons. The third-order valence-corrected chi connectivity index (χ3v) is 4.58. The standard InChI is InChI=1S/C22H24N4O3/c1-14(2)26-21(28)18-8-6-5-7-17(18)20(24-26)22(29)25(4)13-19(27)23-16-11-9-15(3)10-12-16/h5-12,14H,13H2,1-4H3,(H,23,27). The zero-order valence-corrected chi connectivity index (χ0v) is 17.0. The van der Waals surface area contributed by atoms with Gasteiger partial charge in [-0.3, -0.25) is 14.4 Å². The van der Waals surface area contributed by atoms with Crippen LogP contribution in [0.3, 0.4) is 0 Å². The first-order valence-electron chi connectivity index (χ1n) is 9.41. The van der Waals surface area contributed by atoms with E-state index in [9.17, 15) is 14.4 Å². The number of fused-ring (bicyclic) bond motifs is 1. The quantitative estimate of drug-likeness (QED) is 0.723. The third-order valence-electron chi connectivity index (χ3n) is 4.58. The molecule has 0 unspecified atom stereocenters. The van der Waals surface area contributed by atoms with Crippen molar-refractivity contribution in [1.82, 2.24) is 14.7 Å². The second-order valence-corrected chi connectivity index (χ2v) is 7.31. The summed E-state index contributed by atoms with van der Waals surface area (Å²) in [5, 5.41) is 7.98. The van der Waals surface area contributed by atoms with Crippen LogP contribution in [0.2, 0.25) is 0 Å². The van der Waals surface area contributed by atoms with Crippen molar-refractivity contribution in [3.05, 3.63) is 70.1 Å². The summed E-state index contributed by atoms with van der Waals surface area (Å²) in [7, 11) is 1.54. The van der Waals surface area contributed by atoms with Crippen LogP contribution < -0.4 is 10.9 Å². The van der Waals surface area contributed by atoms with Crippen molar-refractivity contribution in [2.75, 3.05) is 18.9 Å². The van der Waals surface area contributed by atoms with Gasteiger partial charge in [0.15, 0.2) is 5.69 Å². The molecule has 0 aliphatic rings. The number of anilines is 1. The van der Waals surface area contributed by atoms with Gasteiger partial charge in [0.2, 0.25) is 5.91 Å². The number of rotatable bonds is 5. The molecule has 2 amide bonds. The van der Waals surface area contributed by atoms with Gasteiger partial charge in [-0.2, -0.15) is 5.10 Å². The Hall–Kier alpha value is -3.48. The van der Waals surface area contributed by atoms with E-state index in [1.807, 2.05) is 45.0 Å². The lowest BCUT2D eigenvalue weighted by Gasteiger charge is -2.19. The van der Waals surface area contributed by atoms with E-state index in [1.165, 1.54) is 9.58 Å². The van der Waals surface area contributed by atoms with Crippen molar-refractivity contribution in [3.63, 3.8) is 0 Å². The molecule has 0 aliphatic carbocycles. The maximum atomic E-state index is 13.0. The van der Waals surface area contributed by atoms with Gasteiger partial charge in [-0.05, 0) is 39.0 Å². The Bertz CT molecular complexity index is 1120. The monoisotopic (exact) mass is 392 g/mol. The van der Waals surface area contributed by atoms with Gasteiger partial charge in [0, 0.05) is 18.1 Å². The van der Waals surface area contributed by atoms with Crippen LogP contribution in [0.4, 0.5) is 5.69 Å². The van der Waals surface area contributed by atoms with Gasteiger partial charge in [0.25, 0.3) is 11.5 Å². The minimum atomic E-state index is -0.422. The predicted octanol–water partition coefficient (Wildman–Crippen LogP) is 3.00. The summed E-state index contributed by atoms with van der Waals surface area (Å²) >= 11 is 0. The van der Waals surface area contributed by atoms with Gasteiger partial charge in [-0.1, -0.05) is 35.9 Å². The fourth-order valence-corrected chi connectivity index (χ4v) is 3.02. The number of likely N-dealkylation sites (N-methyl/N-ethyl adjacent to an activating group) is 1. The molecule has 3 rings (SSSR count). The molecule has 0 atom stereocenters. The first kappa shape index (κ1) is 20.3. The average molecular weight is 392 g/mol. The molecular formula is C22H24N4O3. The summed E-state index contributed by atoms with van der Waals surface area (Å²) in [4.78, 5) is 39.3. The maximum absolute atomic E-state index is 13.0. The van der Waals surface area contributed by atoms with E-state index in [1.54, 1.807) is 31.3 Å². The lowest BCUT2D eigenvalue weighted by Crippen LogP contribution is -2.37. The highest BCUT2D eigenvalue weighted by atomic mass is 16.2. The van der Waals surface area contributed by atoms with E-state index < -0.39 is 5.91 Å². The first-order chi connectivity index (χ1) is 13.8. The predicted molar refractivity (Wildman–Crippen MR) is 113 cm³/mol. The number of carbonyl (C=O) groups excluding carboxylic acids is 2. The number of nitrogens with zero attached hydrogens (tertiary/aromatic N) is 3. The number of hydrogen-bond donors (Lipinski definition) is 1. The van der Waals surface area contributed by atoms with Crippen LogP contribution in [-0.4, -0.2) is 40.1 Å². The molecule has 1 N–H and O–H groups in total. The van der Waals surface area contributed by atoms with Crippen molar-refractivity contribution < 1.29 is 9.59 Å². The summed E-state index contributed by atoms with van der Waals surface area (Å²) < 4.78 is 1.30. The highest BCUT2D eigenvalue weighted by Crippen LogP contribution is 2.16. The molecule has 2 aromatic carbocycles. The van der Waals surface area contributed by atoms with Crippen LogP contribution >= 0.6 is 0 Å². The van der Waals surface area contributed by atoms with E-state index in [0.29, 0.717) is 16.5 Å². The van der Waals surface area contributed by atoms with Gasteiger partial charge < -0.3 is 10.2 Å². The van der Waals surface area contributed by atoms with E-state index >= 15 is 0 Å². The summed E-state index contributed by atoms with van der Waals surface area (Å²) in [6.07, 6.45) is 0. The topological polar surface area (TPSA) is 84.3 Å². The smallest absolute Gasteiger partial charge is 0.275 e. The molecule has 29 heavy (non-hydrogen) atoms. The number of nitrogens with one attached hydrogen (secondary N) is 1. The van der Waals surface area contributed by atoms with Crippen LogP contribution in [0.5, 0.6) is 0 Å². The zero-order chi connectivity index (χ0) is 21.1. The van der Waals surface area contributed by atoms with Crippen LogP contribution in [0, 0.1) is 6.92 Å². The number of carbonyl (C=O) groups is 2. The Morgan fingerprint density at radius 3 is 2.31 bits per heavy atom. The summed E-state index contributed by atoms with van der Waals surface area (Å²) in [6, 6.07) is 14.1. The molecule has 3 aromatic rings. The van der Waals surface area contributed by atoms with Crippen molar-refractivity contribution in [3.8, 4) is 0 Å². The molecular weight excluding hydrogens is 368 g/mol. The Kier molecular flexibility index (Phi) is 5.77. The molecule has 0 radical (unpaired) electrons. The van der Waals surface area contributed by atoms with E-state index in [0.717, 1.165) is 5.56 Å². The number of amides is 2. The lowest BCUT2D eigenvalue weighted by molar-refractivity contribution is -0.116. The summed E-state index contributed by atoms with van der Waals surface area (Å²) in [5.41, 5.74) is 1.67. The van der Waals surface area contributed by atoms with Gasteiger partial charge in [-0.15, -0.1) is 0 Å². The SMILES string of the molecule is Cc1ccc(NC(=O)CN(C)C(=O)c2nn(C(C)C)c(=O)c3ccccc23)cc1. The van der Waals surface area contributed by atoms with Gasteiger partial charge in [0.1, 0.15) is 0 Å². The minimum absolute atomic E-state index is 0.135. The van der Waals surface area contributed by atoms with Gasteiger partial charge in [-0.25, -0.2) is 4.68 Å². The summed E-state index contributed by atoms with van der Waals surface area (Å²) in [6.45, 7) is 5.49. The Morgan fingerprint density at radius 1 is 1.07 bits per heavy atom. The number of aryl methyl sites for hydroxylation is 1. The Morgan fingerprint density at radius 2 is 1.69 bits per heavy atom. The molecule has 0 saturated carbocycles. The number of hydrogen-bond acceptors (Lipinski definition) is 4. The minimum Gasteiger partial charge on any atom is -0.331 e. The van der Waals surface area contributed by atoms with Crippen molar-refractivity contribution in [2.45, 2.75) is 26.8 Å². The molecule has 0 aliphatic heterocycles. The lowest BCUT2D eigenvalue weighted by atomic mass is 10.1. The van der Waals surface area contributed by atoms with Crippen molar-refractivity contribution in [2.24, 2.45) is 0 Å². The Labute approximate surface area is 169 Å². The number of aromatic nitrogens is 2. The number of benzene rings is 2. The van der Waals surface area contributed by atoms with Crippen molar-refractivity contribution >= 4 is 28.3 Å². The van der Waals surface area contributed by atoms with Gasteiger partial charge in [0.05, 0.1) is 18.0 Å². The Balaban J connectivity index is 1.86.